The predicted molar refractivity (Wildman–Crippen MR) is 109 cm³/mol. The van der Waals surface area contributed by atoms with E-state index in [9.17, 15) is 19.2 Å². The van der Waals surface area contributed by atoms with Crippen molar-refractivity contribution < 1.29 is 29.4 Å². The summed E-state index contributed by atoms with van der Waals surface area (Å²) in [5.41, 5.74) is 6.43. The van der Waals surface area contributed by atoms with Crippen LogP contribution in [0, 0.1) is 0 Å². The Morgan fingerprint density at radius 2 is 1.83 bits per heavy atom. The zero-order chi connectivity index (χ0) is 22.7. The van der Waals surface area contributed by atoms with Crippen molar-refractivity contribution in [3.63, 3.8) is 0 Å². The first-order valence-corrected chi connectivity index (χ1v) is 10.6. The van der Waals surface area contributed by atoms with Crippen LogP contribution >= 0.6 is 11.8 Å². The SMILES string of the molecule is CSCCC(N)C(=O)NC(Cc1cnc[nH]1)C(=O)NC(C)C(=O)NC(CO)C(=O)O. The van der Waals surface area contributed by atoms with Crippen molar-refractivity contribution in [2.75, 3.05) is 18.6 Å². The van der Waals surface area contributed by atoms with Crippen LogP contribution in [0.3, 0.4) is 0 Å². The summed E-state index contributed by atoms with van der Waals surface area (Å²) in [6.07, 6.45) is 5.32. The number of aromatic nitrogens is 2. The van der Waals surface area contributed by atoms with Gasteiger partial charge in [0.1, 0.15) is 18.1 Å². The lowest BCUT2D eigenvalue weighted by molar-refractivity contribution is -0.143. The fourth-order valence-corrected chi connectivity index (χ4v) is 2.83. The average molecular weight is 445 g/mol. The maximum Gasteiger partial charge on any atom is 0.328 e. The van der Waals surface area contributed by atoms with Gasteiger partial charge in [-0.15, -0.1) is 0 Å². The molecule has 0 radical (unpaired) electrons. The van der Waals surface area contributed by atoms with E-state index >= 15 is 0 Å². The highest BCUT2D eigenvalue weighted by Gasteiger charge is 2.28. The van der Waals surface area contributed by atoms with Crippen molar-refractivity contribution in [1.29, 1.82) is 0 Å². The van der Waals surface area contributed by atoms with E-state index in [1.807, 2.05) is 6.26 Å². The Morgan fingerprint density at radius 1 is 1.17 bits per heavy atom. The lowest BCUT2D eigenvalue weighted by Crippen LogP contribution is -2.57. The molecule has 0 fully saturated rings. The highest BCUT2D eigenvalue weighted by Crippen LogP contribution is 2.03. The molecule has 13 heteroatoms. The van der Waals surface area contributed by atoms with Gasteiger partial charge in [0.2, 0.25) is 17.7 Å². The number of aliphatic hydroxyl groups is 1. The zero-order valence-corrected chi connectivity index (χ0v) is 17.6. The molecule has 0 bridgehead atoms. The van der Waals surface area contributed by atoms with Crippen molar-refractivity contribution in [2.45, 2.75) is 43.9 Å². The second kappa shape index (κ2) is 12.8. The van der Waals surface area contributed by atoms with Crippen LogP contribution in [0.2, 0.25) is 0 Å². The predicted octanol–water partition coefficient (Wildman–Crippen LogP) is -2.42. The number of aromatic amines is 1. The number of rotatable bonds is 13. The molecule has 168 valence electrons. The van der Waals surface area contributed by atoms with E-state index in [-0.39, 0.29) is 6.42 Å². The molecule has 0 aliphatic rings. The molecule has 0 aromatic carbocycles. The van der Waals surface area contributed by atoms with Crippen LogP contribution in [-0.4, -0.2) is 86.7 Å². The summed E-state index contributed by atoms with van der Waals surface area (Å²) < 4.78 is 0. The fourth-order valence-electron chi connectivity index (χ4n) is 2.34. The zero-order valence-electron chi connectivity index (χ0n) is 16.8. The quantitative estimate of drug-likeness (QED) is 0.173. The number of carboxylic acid groups (broad SMARTS) is 1. The van der Waals surface area contributed by atoms with Gasteiger partial charge in [-0.05, 0) is 25.4 Å². The molecule has 8 N–H and O–H groups in total. The Labute approximate surface area is 177 Å². The van der Waals surface area contributed by atoms with Crippen molar-refractivity contribution in [1.82, 2.24) is 25.9 Å². The van der Waals surface area contributed by atoms with Gasteiger partial charge in [0.25, 0.3) is 0 Å². The normalized spacial score (nSPS) is 14.8. The summed E-state index contributed by atoms with van der Waals surface area (Å²) in [4.78, 5) is 54.8. The van der Waals surface area contributed by atoms with Gasteiger partial charge in [0, 0.05) is 18.3 Å². The number of aliphatic carboxylic acids is 1. The number of imidazole rings is 1. The Balaban J connectivity index is 2.79. The third kappa shape index (κ3) is 8.39. The molecule has 1 aromatic rings. The first-order valence-electron chi connectivity index (χ1n) is 9.16. The van der Waals surface area contributed by atoms with Gasteiger partial charge in [0.15, 0.2) is 0 Å². The van der Waals surface area contributed by atoms with E-state index in [1.165, 1.54) is 31.2 Å². The topological polar surface area (TPSA) is 200 Å². The van der Waals surface area contributed by atoms with Gasteiger partial charge in [-0.3, -0.25) is 14.4 Å². The van der Waals surface area contributed by atoms with E-state index in [0.717, 1.165) is 0 Å². The molecule has 4 atom stereocenters. The van der Waals surface area contributed by atoms with Gasteiger partial charge in [-0.2, -0.15) is 11.8 Å². The number of carbonyl (C=O) groups excluding carboxylic acids is 3. The number of thioether (sulfide) groups is 1. The summed E-state index contributed by atoms with van der Waals surface area (Å²) in [6.45, 7) is 0.553. The second-order valence-corrected chi connectivity index (χ2v) is 7.53. The Kier molecular flexibility index (Phi) is 10.9. The monoisotopic (exact) mass is 444 g/mol. The number of carboxylic acids is 1. The molecule has 3 amide bonds. The molecule has 1 aromatic heterocycles. The van der Waals surface area contributed by atoms with Crippen molar-refractivity contribution in [2.24, 2.45) is 5.73 Å². The maximum absolute atomic E-state index is 12.7. The number of nitrogens with one attached hydrogen (secondary N) is 4. The molecule has 1 heterocycles. The van der Waals surface area contributed by atoms with Crippen LogP contribution in [0.15, 0.2) is 12.5 Å². The molecule has 30 heavy (non-hydrogen) atoms. The molecule has 1 rings (SSSR count). The maximum atomic E-state index is 12.7. The molecule has 0 saturated heterocycles. The molecular weight excluding hydrogens is 416 g/mol. The van der Waals surface area contributed by atoms with Crippen LogP contribution in [-0.2, 0) is 25.6 Å². The minimum Gasteiger partial charge on any atom is -0.480 e. The first-order chi connectivity index (χ1) is 14.2. The lowest BCUT2D eigenvalue weighted by Gasteiger charge is -2.23. The largest absolute Gasteiger partial charge is 0.480 e. The molecule has 0 spiro atoms. The molecular formula is C17H28N6O6S. The van der Waals surface area contributed by atoms with Crippen LogP contribution in [0.1, 0.15) is 19.0 Å². The number of carbonyl (C=O) groups is 4. The van der Waals surface area contributed by atoms with Crippen molar-refractivity contribution >= 4 is 35.5 Å². The van der Waals surface area contributed by atoms with Crippen LogP contribution in [0.4, 0.5) is 0 Å². The van der Waals surface area contributed by atoms with Gasteiger partial charge < -0.3 is 36.9 Å². The Hall–Kier alpha value is -2.64. The number of aliphatic hydroxyl groups excluding tert-OH is 1. The summed E-state index contributed by atoms with van der Waals surface area (Å²) in [5.74, 6) is -2.69. The van der Waals surface area contributed by atoms with E-state index in [0.29, 0.717) is 17.9 Å². The van der Waals surface area contributed by atoms with Crippen LogP contribution in [0.25, 0.3) is 0 Å². The lowest BCUT2D eigenvalue weighted by atomic mass is 10.1. The molecule has 4 unspecified atom stereocenters. The Morgan fingerprint density at radius 3 is 2.37 bits per heavy atom. The van der Waals surface area contributed by atoms with E-state index < -0.39 is 54.5 Å². The van der Waals surface area contributed by atoms with Gasteiger partial charge in [-0.25, -0.2) is 9.78 Å². The van der Waals surface area contributed by atoms with Crippen molar-refractivity contribution in [3.05, 3.63) is 18.2 Å². The minimum absolute atomic E-state index is 0.0789. The third-order valence-electron chi connectivity index (χ3n) is 4.13. The number of amides is 3. The number of hydrogen-bond donors (Lipinski definition) is 7. The van der Waals surface area contributed by atoms with E-state index in [1.54, 1.807) is 0 Å². The molecule has 0 aliphatic carbocycles. The van der Waals surface area contributed by atoms with Gasteiger partial charge in [-0.1, -0.05) is 0 Å². The van der Waals surface area contributed by atoms with Crippen LogP contribution in [0.5, 0.6) is 0 Å². The third-order valence-corrected chi connectivity index (χ3v) is 4.77. The van der Waals surface area contributed by atoms with E-state index in [4.69, 9.17) is 15.9 Å². The smallest absolute Gasteiger partial charge is 0.328 e. The summed E-state index contributed by atoms with van der Waals surface area (Å²) in [7, 11) is 0. The minimum atomic E-state index is -1.49. The van der Waals surface area contributed by atoms with Crippen LogP contribution < -0.4 is 21.7 Å². The number of hydrogen-bond acceptors (Lipinski definition) is 8. The second-order valence-electron chi connectivity index (χ2n) is 6.54. The van der Waals surface area contributed by atoms with Gasteiger partial charge in [0.05, 0.1) is 19.0 Å². The number of nitrogens with zero attached hydrogens (tertiary/aromatic N) is 1. The molecule has 0 aliphatic heterocycles. The number of H-pyrrole nitrogens is 1. The highest BCUT2D eigenvalue weighted by molar-refractivity contribution is 7.98. The summed E-state index contributed by atoms with van der Waals surface area (Å²) in [5, 5.41) is 25.0. The average Bonchev–Trinajstić information content (AvgIpc) is 3.21. The summed E-state index contributed by atoms with van der Waals surface area (Å²) in [6, 6.07) is -4.44. The first kappa shape index (κ1) is 25.4. The van der Waals surface area contributed by atoms with Crippen molar-refractivity contribution in [3.8, 4) is 0 Å². The number of nitrogens with two attached hydrogens (primary N) is 1. The van der Waals surface area contributed by atoms with Gasteiger partial charge >= 0.3 is 5.97 Å². The Bertz CT molecular complexity index is 716. The molecule has 0 saturated carbocycles. The fraction of sp³-hybridized carbons (Fsp3) is 0.588. The highest BCUT2D eigenvalue weighted by atomic mass is 32.2. The summed E-state index contributed by atoms with van der Waals surface area (Å²) >= 11 is 1.54. The van der Waals surface area contributed by atoms with E-state index in [2.05, 4.69) is 25.9 Å². The standard InChI is InChI=1S/C17H28N6O6S/c1-9(14(25)23-13(7-24)17(28)29)21-16(27)12(5-10-6-19-8-20-10)22-15(26)11(18)3-4-30-2/h6,8-9,11-13,24H,3-5,7,18H2,1-2H3,(H,19,20)(H,21,27)(H,22,26)(H,23,25)(H,28,29). The molecule has 12 nitrogen and oxygen atoms in total.